The van der Waals surface area contributed by atoms with Crippen LogP contribution in [0.3, 0.4) is 0 Å². The number of alkyl halides is 1. The molecule has 0 aliphatic carbocycles. The zero-order chi connectivity index (χ0) is 19.5. The molecule has 0 saturated carbocycles. The number of para-hydroxylation sites is 1. The van der Waals surface area contributed by atoms with Crippen molar-refractivity contribution in [3.63, 3.8) is 0 Å². The third-order valence-electron chi connectivity index (χ3n) is 3.51. The van der Waals surface area contributed by atoms with Gasteiger partial charge in [-0.2, -0.15) is 0 Å². The number of halogens is 1. The average molecular weight is 442 g/mol. The summed E-state index contributed by atoms with van der Waals surface area (Å²) in [5.41, 5.74) is 0.394. The van der Waals surface area contributed by atoms with E-state index < -0.39 is 13.5 Å². The fraction of sp³-hybridized carbons (Fsp3) is 0.188. The summed E-state index contributed by atoms with van der Waals surface area (Å²) in [6.45, 7) is 1.69. The van der Waals surface area contributed by atoms with Crippen molar-refractivity contribution < 1.29 is 87.4 Å². The Morgan fingerprint density at radius 1 is 1.21 bits per heavy atom. The van der Waals surface area contributed by atoms with Gasteiger partial charge in [0, 0.05) is 31.1 Å². The Morgan fingerprint density at radius 2 is 1.82 bits per heavy atom. The van der Waals surface area contributed by atoms with E-state index in [1.807, 2.05) is 0 Å². The number of ketones is 2. The van der Waals surface area contributed by atoms with E-state index >= 15 is 0 Å². The van der Waals surface area contributed by atoms with E-state index in [2.05, 4.69) is 4.98 Å². The standard InChI is InChI=1S/C15H13N2O5PS.CH3F.2Na/c1-2-13(18)11-8-24-15(16-11)14(19)10-7-17(23(20,21)22)12-6-4-3-5-9(10)12;1-2;;/h3-8H,2H2,1H3,(H2,20,21,22);1H3;;/q;;2*+1/p-2. The largest absolute Gasteiger partial charge is 1.00 e. The second kappa shape index (κ2) is 11.9. The first-order chi connectivity index (χ1) is 12.3. The molecule has 1 aromatic carbocycles. The van der Waals surface area contributed by atoms with Gasteiger partial charge in [-0.25, -0.2) is 4.98 Å². The second-order valence-electron chi connectivity index (χ2n) is 5.02. The fourth-order valence-electron chi connectivity index (χ4n) is 2.35. The maximum absolute atomic E-state index is 12.7. The molecule has 0 aliphatic heterocycles. The molecule has 0 amide bonds. The van der Waals surface area contributed by atoms with Crippen molar-refractivity contribution in [3.8, 4) is 0 Å². The van der Waals surface area contributed by atoms with Crippen LogP contribution in [0.2, 0.25) is 0 Å². The molecule has 12 heteroatoms. The summed E-state index contributed by atoms with van der Waals surface area (Å²) in [6.07, 6.45) is 1.28. The fourth-order valence-corrected chi connectivity index (χ4v) is 3.82. The molecule has 3 aromatic rings. The van der Waals surface area contributed by atoms with Gasteiger partial charge in [0.25, 0.3) is 0 Å². The molecule has 0 spiro atoms. The summed E-state index contributed by atoms with van der Waals surface area (Å²) in [7, 11) is -4.60. The molecule has 0 unspecified atom stereocenters. The van der Waals surface area contributed by atoms with Crippen LogP contribution in [-0.4, -0.2) is 28.1 Å². The normalized spacial score (nSPS) is 10.3. The number of fused-ring (bicyclic) bond motifs is 1. The van der Waals surface area contributed by atoms with E-state index in [1.165, 1.54) is 11.4 Å². The van der Waals surface area contributed by atoms with Crippen molar-refractivity contribution in [2.45, 2.75) is 13.3 Å². The van der Waals surface area contributed by atoms with Crippen LogP contribution < -0.4 is 68.9 Å². The summed E-state index contributed by atoms with van der Waals surface area (Å²) in [5.74, 6) is -0.713. The van der Waals surface area contributed by atoms with Crippen LogP contribution in [0, 0.1) is 0 Å². The van der Waals surface area contributed by atoms with Crippen LogP contribution in [0.15, 0.2) is 35.8 Å². The Morgan fingerprint density at radius 3 is 2.39 bits per heavy atom. The van der Waals surface area contributed by atoms with Gasteiger partial charge in [-0.3, -0.25) is 14.0 Å². The first-order valence-corrected chi connectivity index (χ1v) is 9.74. The number of aromatic nitrogens is 2. The Balaban J connectivity index is 0.00000177. The van der Waals surface area contributed by atoms with Gasteiger partial charge in [0.1, 0.15) is 5.69 Å². The van der Waals surface area contributed by atoms with E-state index in [9.17, 15) is 28.3 Å². The van der Waals surface area contributed by atoms with Gasteiger partial charge in [0.2, 0.25) is 5.78 Å². The van der Waals surface area contributed by atoms with E-state index in [0.29, 0.717) is 16.9 Å². The number of thiazole rings is 1. The van der Waals surface area contributed by atoms with Gasteiger partial charge in [0.05, 0.1) is 18.3 Å². The quantitative estimate of drug-likeness (QED) is 0.227. The maximum Gasteiger partial charge on any atom is 1.00 e. The third-order valence-corrected chi connectivity index (χ3v) is 5.21. The molecular formula is C16H14FN2Na2O5PS. The molecule has 0 N–H and O–H groups in total. The summed E-state index contributed by atoms with van der Waals surface area (Å²) in [6, 6.07) is 6.21. The summed E-state index contributed by atoms with van der Waals surface area (Å²) in [4.78, 5) is 51.2. The van der Waals surface area contributed by atoms with Crippen molar-refractivity contribution >= 4 is 41.6 Å². The van der Waals surface area contributed by atoms with Crippen molar-refractivity contribution in [2.24, 2.45) is 0 Å². The number of benzene rings is 1. The Labute approximate surface area is 209 Å². The molecular weight excluding hydrogens is 428 g/mol. The number of carbonyl (C=O) groups excluding carboxylic acids is 2. The molecule has 2 aromatic heterocycles. The number of hydrogen-bond donors (Lipinski definition) is 0. The van der Waals surface area contributed by atoms with Crippen LogP contribution >= 0.6 is 19.1 Å². The summed E-state index contributed by atoms with van der Waals surface area (Å²) < 4.78 is 21.5. The zero-order valence-electron chi connectivity index (χ0n) is 15.8. The second-order valence-corrected chi connectivity index (χ2v) is 7.24. The minimum Gasteiger partial charge on any atom is -0.795 e. The predicted molar refractivity (Wildman–Crippen MR) is 92.1 cm³/mol. The van der Waals surface area contributed by atoms with Crippen LogP contribution in [0.25, 0.3) is 10.9 Å². The van der Waals surface area contributed by atoms with Crippen LogP contribution in [0.4, 0.5) is 4.39 Å². The summed E-state index contributed by atoms with van der Waals surface area (Å²) in [5, 5.41) is 1.90. The third kappa shape index (κ3) is 5.92. The Bertz CT molecular complexity index is 1020. The molecule has 0 saturated heterocycles. The average Bonchev–Trinajstić information content (AvgIpc) is 3.27. The number of nitrogens with zero attached hydrogens (tertiary/aromatic N) is 2. The topological polar surface area (TPSA) is 115 Å². The molecule has 28 heavy (non-hydrogen) atoms. The van der Waals surface area contributed by atoms with Crippen molar-refractivity contribution in [2.75, 3.05) is 7.18 Å². The Hall–Kier alpha value is -0.190. The molecule has 0 aliphatic rings. The Kier molecular flexibility index (Phi) is 11.8. The molecule has 3 rings (SSSR count). The minimum absolute atomic E-state index is 0. The zero-order valence-corrected chi connectivity index (χ0v) is 21.6. The van der Waals surface area contributed by atoms with Crippen molar-refractivity contribution in [1.82, 2.24) is 9.32 Å². The van der Waals surface area contributed by atoms with E-state index in [-0.39, 0.29) is 93.1 Å². The number of hydrogen-bond acceptors (Lipinski definition) is 7. The van der Waals surface area contributed by atoms with E-state index in [1.54, 1.807) is 25.1 Å². The van der Waals surface area contributed by atoms with Gasteiger partial charge in [-0.05, 0) is 6.07 Å². The smallest absolute Gasteiger partial charge is 0.795 e. The van der Waals surface area contributed by atoms with Gasteiger partial charge in [0.15, 0.2) is 10.8 Å². The van der Waals surface area contributed by atoms with Crippen LogP contribution in [-0.2, 0) is 4.57 Å². The van der Waals surface area contributed by atoms with Crippen molar-refractivity contribution in [3.05, 3.63) is 52.1 Å². The first-order valence-electron chi connectivity index (χ1n) is 7.37. The molecule has 0 atom stereocenters. The molecule has 2 heterocycles. The summed E-state index contributed by atoms with van der Waals surface area (Å²) >= 11 is 1.01. The van der Waals surface area contributed by atoms with E-state index in [4.69, 9.17) is 0 Å². The maximum atomic E-state index is 12.7. The minimum atomic E-state index is -5.10. The molecule has 0 radical (unpaired) electrons. The van der Waals surface area contributed by atoms with Gasteiger partial charge >= 0.3 is 59.1 Å². The molecule has 7 nitrogen and oxygen atoms in total. The number of Topliss-reactive ketones (excluding diaryl/α,β-unsaturated/α-hetero) is 1. The van der Waals surface area contributed by atoms with Crippen LogP contribution in [0.1, 0.15) is 39.2 Å². The van der Waals surface area contributed by atoms with Gasteiger partial charge in [-0.15, -0.1) is 11.3 Å². The monoisotopic (exact) mass is 442 g/mol. The van der Waals surface area contributed by atoms with Crippen molar-refractivity contribution in [1.29, 1.82) is 0 Å². The molecule has 0 fully saturated rings. The van der Waals surface area contributed by atoms with Crippen LogP contribution in [0.5, 0.6) is 0 Å². The number of rotatable bonds is 5. The molecule has 138 valence electrons. The van der Waals surface area contributed by atoms with Gasteiger partial charge in [-0.1, -0.05) is 25.1 Å². The first kappa shape index (κ1) is 27.8. The van der Waals surface area contributed by atoms with E-state index in [0.717, 1.165) is 17.5 Å². The van der Waals surface area contributed by atoms with Gasteiger partial charge < -0.3 is 18.7 Å². The SMILES string of the molecule is CCC(=O)c1csc(C(=O)c2cn(P(=O)([O-])[O-])c3ccccc23)n1.CF.[Na+].[Na+]. The molecule has 0 bridgehead atoms. The number of carbonyl (C=O) groups is 2. The predicted octanol–water partition coefficient (Wildman–Crippen LogP) is -3.81.